The van der Waals surface area contributed by atoms with Gasteiger partial charge in [0.15, 0.2) is 0 Å². The summed E-state index contributed by atoms with van der Waals surface area (Å²) in [6, 6.07) is 4.61. The van der Waals surface area contributed by atoms with Crippen molar-refractivity contribution < 1.29 is 14.3 Å². The highest BCUT2D eigenvalue weighted by Crippen LogP contribution is 2.13. The van der Waals surface area contributed by atoms with Crippen LogP contribution >= 0.6 is 0 Å². The van der Waals surface area contributed by atoms with Crippen LogP contribution in [0.25, 0.3) is 6.08 Å². The second-order valence-corrected chi connectivity index (χ2v) is 3.76. The third-order valence-corrected chi connectivity index (χ3v) is 2.39. The topological polar surface area (TPSA) is 55.1 Å². The number of aliphatic carboxylic acids is 1. The Hall–Kier alpha value is -2.43. The second-order valence-electron chi connectivity index (χ2n) is 3.76. The molecule has 0 aliphatic rings. The molecular weight excluding hydrogens is 235 g/mol. The van der Waals surface area contributed by atoms with Crippen LogP contribution in [0.15, 0.2) is 43.0 Å². The van der Waals surface area contributed by atoms with Crippen molar-refractivity contribution in [2.24, 2.45) is 0 Å². The Morgan fingerprint density at radius 3 is 3.00 bits per heavy atom. The standard InChI is InChI=1S/C13H11FN2O2/c14-12-3-1-10(8-16-6-5-15-9-16)7-11(12)2-4-13(17)18/h1-7,9H,8H2,(H,17,18). The number of aromatic nitrogens is 2. The van der Waals surface area contributed by atoms with Crippen molar-refractivity contribution in [2.75, 3.05) is 0 Å². The molecule has 0 aliphatic heterocycles. The zero-order valence-electron chi connectivity index (χ0n) is 9.45. The maximum absolute atomic E-state index is 13.4. The van der Waals surface area contributed by atoms with E-state index in [-0.39, 0.29) is 5.56 Å². The van der Waals surface area contributed by atoms with Gasteiger partial charge in [-0.15, -0.1) is 0 Å². The van der Waals surface area contributed by atoms with E-state index < -0.39 is 11.8 Å². The molecule has 0 atom stereocenters. The largest absolute Gasteiger partial charge is 0.478 e. The lowest BCUT2D eigenvalue weighted by Crippen LogP contribution is -1.97. The van der Waals surface area contributed by atoms with Crippen LogP contribution < -0.4 is 0 Å². The molecule has 5 heteroatoms. The first kappa shape index (κ1) is 12.0. The van der Waals surface area contributed by atoms with Gasteiger partial charge in [0.2, 0.25) is 0 Å². The normalized spacial score (nSPS) is 10.9. The van der Waals surface area contributed by atoms with Gasteiger partial charge in [-0.3, -0.25) is 0 Å². The molecule has 1 N–H and O–H groups in total. The third-order valence-electron chi connectivity index (χ3n) is 2.39. The molecule has 0 fully saturated rings. The van der Waals surface area contributed by atoms with Crippen molar-refractivity contribution >= 4 is 12.0 Å². The van der Waals surface area contributed by atoms with Crippen molar-refractivity contribution in [3.05, 3.63) is 59.9 Å². The van der Waals surface area contributed by atoms with E-state index in [1.165, 1.54) is 12.1 Å². The SMILES string of the molecule is O=C(O)C=Cc1cc(Cn2ccnc2)ccc1F. The summed E-state index contributed by atoms with van der Waals surface area (Å²) in [7, 11) is 0. The monoisotopic (exact) mass is 246 g/mol. The van der Waals surface area contributed by atoms with Crippen LogP contribution in [-0.4, -0.2) is 20.6 Å². The summed E-state index contributed by atoms with van der Waals surface area (Å²) in [5, 5.41) is 8.52. The number of carboxylic acids is 1. The van der Waals surface area contributed by atoms with Crippen LogP contribution in [-0.2, 0) is 11.3 Å². The highest BCUT2D eigenvalue weighted by molar-refractivity contribution is 5.85. The molecule has 0 aliphatic carbocycles. The zero-order chi connectivity index (χ0) is 13.0. The lowest BCUT2D eigenvalue weighted by molar-refractivity contribution is -0.131. The highest BCUT2D eigenvalue weighted by atomic mass is 19.1. The molecule has 1 aromatic carbocycles. The Labute approximate surface area is 103 Å². The fourth-order valence-electron chi connectivity index (χ4n) is 1.57. The quantitative estimate of drug-likeness (QED) is 0.841. The third kappa shape index (κ3) is 3.04. The molecule has 0 amide bonds. The van der Waals surface area contributed by atoms with E-state index in [1.807, 2.05) is 4.57 Å². The summed E-state index contributed by atoms with van der Waals surface area (Å²) in [5.74, 6) is -1.55. The van der Waals surface area contributed by atoms with Gasteiger partial charge in [0.1, 0.15) is 5.82 Å². The molecule has 1 aromatic heterocycles. The number of nitrogens with zero attached hydrogens (tertiary/aromatic N) is 2. The van der Waals surface area contributed by atoms with Gasteiger partial charge in [0.05, 0.1) is 6.33 Å². The molecule has 0 unspecified atom stereocenters. The molecule has 2 rings (SSSR count). The number of hydrogen-bond acceptors (Lipinski definition) is 2. The van der Waals surface area contributed by atoms with Gasteiger partial charge < -0.3 is 9.67 Å². The maximum Gasteiger partial charge on any atom is 0.328 e. The Kier molecular flexibility index (Phi) is 3.52. The average molecular weight is 246 g/mol. The predicted octanol–water partition coefficient (Wildman–Crippen LogP) is 2.17. The van der Waals surface area contributed by atoms with Crippen molar-refractivity contribution in [1.82, 2.24) is 9.55 Å². The Bertz CT molecular complexity index is 577. The van der Waals surface area contributed by atoms with Gasteiger partial charge >= 0.3 is 5.97 Å². The number of benzene rings is 1. The fourth-order valence-corrected chi connectivity index (χ4v) is 1.57. The highest BCUT2D eigenvalue weighted by Gasteiger charge is 2.02. The number of halogens is 1. The van der Waals surface area contributed by atoms with Crippen LogP contribution in [0.5, 0.6) is 0 Å². The van der Waals surface area contributed by atoms with E-state index >= 15 is 0 Å². The maximum atomic E-state index is 13.4. The van der Waals surface area contributed by atoms with E-state index in [0.717, 1.165) is 11.6 Å². The summed E-state index contributed by atoms with van der Waals surface area (Å²) >= 11 is 0. The Morgan fingerprint density at radius 2 is 2.33 bits per heavy atom. The summed E-state index contributed by atoms with van der Waals surface area (Å²) in [6.45, 7) is 0.564. The van der Waals surface area contributed by atoms with Crippen LogP contribution in [0.3, 0.4) is 0 Å². The molecule has 0 saturated heterocycles. The van der Waals surface area contributed by atoms with Crippen LogP contribution in [0.1, 0.15) is 11.1 Å². The smallest absolute Gasteiger partial charge is 0.328 e. The van der Waals surface area contributed by atoms with E-state index in [9.17, 15) is 9.18 Å². The number of hydrogen-bond donors (Lipinski definition) is 1. The summed E-state index contributed by atoms with van der Waals surface area (Å²) in [5.41, 5.74) is 1.13. The van der Waals surface area contributed by atoms with E-state index in [0.29, 0.717) is 6.54 Å². The molecular formula is C13H11FN2O2. The Morgan fingerprint density at radius 1 is 1.50 bits per heavy atom. The van der Waals surface area contributed by atoms with Crippen molar-refractivity contribution in [2.45, 2.75) is 6.54 Å². The molecule has 0 radical (unpaired) electrons. The van der Waals surface area contributed by atoms with E-state index in [2.05, 4.69) is 4.98 Å². The summed E-state index contributed by atoms with van der Waals surface area (Å²) in [4.78, 5) is 14.3. The van der Waals surface area contributed by atoms with Gasteiger partial charge in [-0.1, -0.05) is 6.07 Å². The van der Waals surface area contributed by atoms with Gasteiger partial charge in [0.25, 0.3) is 0 Å². The van der Waals surface area contributed by atoms with Crippen molar-refractivity contribution in [3.63, 3.8) is 0 Å². The molecule has 0 spiro atoms. The molecule has 1 heterocycles. The number of carboxylic acid groups (broad SMARTS) is 1. The van der Waals surface area contributed by atoms with Gasteiger partial charge in [0, 0.05) is 30.6 Å². The summed E-state index contributed by atoms with van der Waals surface area (Å²) < 4.78 is 15.3. The minimum Gasteiger partial charge on any atom is -0.478 e. The van der Waals surface area contributed by atoms with Crippen LogP contribution in [0.2, 0.25) is 0 Å². The molecule has 2 aromatic rings. The minimum atomic E-state index is -1.10. The van der Waals surface area contributed by atoms with Crippen LogP contribution in [0, 0.1) is 5.82 Å². The lowest BCUT2D eigenvalue weighted by atomic mass is 10.1. The minimum absolute atomic E-state index is 0.259. The predicted molar refractivity (Wildman–Crippen MR) is 64.4 cm³/mol. The van der Waals surface area contributed by atoms with Gasteiger partial charge in [-0.2, -0.15) is 0 Å². The van der Waals surface area contributed by atoms with E-state index in [1.54, 1.807) is 30.9 Å². The summed E-state index contributed by atoms with van der Waals surface area (Å²) in [6.07, 6.45) is 7.29. The second kappa shape index (κ2) is 5.27. The molecule has 0 bridgehead atoms. The molecule has 0 saturated carbocycles. The van der Waals surface area contributed by atoms with Crippen molar-refractivity contribution in [1.29, 1.82) is 0 Å². The fraction of sp³-hybridized carbons (Fsp3) is 0.0769. The lowest BCUT2D eigenvalue weighted by Gasteiger charge is -2.04. The van der Waals surface area contributed by atoms with Crippen LogP contribution in [0.4, 0.5) is 4.39 Å². The molecule has 18 heavy (non-hydrogen) atoms. The zero-order valence-corrected chi connectivity index (χ0v) is 9.45. The average Bonchev–Trinajstić information content (AvgIpc) is 2.82. The van der Waals surface area contributed by atoms with Gasteiger partial charge in [-0.25, -0.2) is 14.2 Å². The van der Waals surface area contributed by atoms with E-state index in [4.69, 9.17) is 5.11 Å². The first-order chi connectivity index (χ1) is 8.65. The first-order valence-electron chi connectivity index (χ1n) is 5.30. The van der Waals surface area contributed by atoms with Gasteiger partial charge in [-0.05, 0) is 23.8 Å². The first-order valence-corrected chi connectivity index (χ1v) is 5.30. The van der Waals surface area contributed by atoms with Crippen molar-refractivity contribution in [3.8, 4) is 0 Å². The number of rotatable bonds is 4. The molecule has 4 nitrogen and oxygen atoms in total. The number of imidazole rings is 1. The number of carbonyl (C=O) groups is 1. The Balaban J connectivity index is 2.23. The molecule has 92 valence electrons.